The first-order chi connectivity index (χ1) is 4.70. The van der Waals surface area contributed by atoms with Gasteiger partial charge in [-0.1, -0.05) is 0 Å². The van der Waals surface area contributed by atoms with Crippen molar-refractivity contribution >= 4 is 31.1 Å². The van der Waals surface area contributed by atoms with Crippen LogP contribution in [-0.4, -0.2) is 19.5 Å². The van der Waals surface area contributed by atoms with E-state index in [1.807, 2.05) is 24.3 Å². The number of hydrogen-bond acceptors (Lipinski definition) is 0. The minimum absolute atomic E-state index is 0.722. The number of halogens is 1. The second kappa shape index (κ2) is 3.34. The normalized spacial score (nSPS) is 9.40. The van der Waals surface area contributed by atoms with Gasteiger partial charge in [0.05, 0.1) is 0 Å². The Labute approximate surface area is 73.6 Å². The molecule has 0 nitrogen and oxygen atoms in total. The van der Waals surface area contributed by atoms with Crippen molar-refractivity contribution in [2.45, 2.75) is 6.92 Å². The molecule has 0 atom stereocenters. The van der Waals surface area contributed by atoms with Crippen molar-refractivity contribution in [1.82, 2.24) is 0 Å². The maximum atomic E-state index is 5.72. The Bertz CT molecular complexity index is 238. The van der Waals surface area contributed by atoms with Gasteiger partial charge in [0.15, 0.2) is 0 Å². The van der Waals surface area contributed by atoms with E-state index in [0.717, 1.165) is 9.44 Å². The average Bonchev–Trinajstić information content (AvgIpc) is 1.88. The summed E-state index contributed by atoms with van der Waals surface area (Å²) >= 11 is 8.47. The van der Waals surface area contributed by atoms with Gasteiger partial charge in [-0.15, -0.1) is 0 Å². The van der Waals surface area contributed by atoms with Crippen LogP contribution in [0, 0.1) is 6.92 Å². The Morgan fingerprint density at radius 1 is 1.30 bits per heavy atom. The summed E-state index contributed by atoms with van der Waals surface area (Å²) in [6.07, 6.45) is 0. The van der Waals surface area contributed by atoms with Crippen molar-refractivity contribution in [3.63, 3.8) is 0 Å². The van der Waals surface area contributed by atoms with Gasteiger partial charge in [-0.3, -0.25) is 0 Å². The molecule has 0 unspecified atom stereocenters. The van der Waals surface area contributed by atoms with Crippen molar-refractivity contribution in [2.75, 3.05) is 0 Å². The van der Waals surface area contributed by atoms with Crippen LogP contribution in [0.4, 0.5) is 0 Å². The molecule has 0 saturated heterocycles. The van der Waals surface area contributed by atoms with Crippen LogP contribution in [0.2, 0.25) is 0 Å². The Hall–Kier alpha value is -0.101. The molecule has 0 N–H and O–H groups in total. The minimum atomic E-state index is 0.722. The van der Waals surface area contributed by atoms with E-state index in [4.69, 9.17) is 11.6 Å². The molecule has 1 rings (SSSR count). The molecule has 52 valence electrons. The van der Waals surface area contributed by atoms with E-state index in [9.17, 15) is 0 Å². The third-order valence-electron chi connectivity index (χ3n) is 1.28. The molecule has 0 spiro atoms. The summed E-state index contributed by atoms with van der Waals surface area (Å²) in [5.41, 5.74) is 2.30. The van der Waals surface area contributed by atoms with E-state index in [1.54, 1.807) is 0 Å². The van der Waals surface area contributed by atoms with E-state index in [0.29, 0.717) is 0 Å². The van der Waals surface area contributed by atoms with Gasteiger partial charge in [0, 0.05) is 0 Å². The summed E-state index contributed by atoms with van der Waals surface area (Å²) in [6, 6.07) is 8.06. The van der Waals surface area contributed by atoms with Gasteiger partial charge in [0.2, 0.25) is 0 Å². The van der Waals surface area contributed by atoms with Crippen LogP contribution in [0.3, 0.4) is 0 Å². The van der Waals surface area contributed by atoms with E-state index < -0.39 is 0 Å². The summed E-state index contributed by atoms with van der Waals surface area (Å²) in [6.45, 7) is 2.05. The Morgan fingerprint density at radius 3 is 2.20 bits per heavy atom. The molecule has 0 heterocycles. The molecule has 0 amide bonds. The first kappa shape index (κ1) is 8.00. The molecule has 0 radical (unpaired) electrons. The number of aryl methyl sites for hydroxylation is 1. The average molecular weight is 218 g/mol. The zero-order valence-electron chi connectivity index (χ0n) is 5.60. The second-order valence-corrected chi connectivity index (χ2v) is 3.88. The quantitative estimate of drug-likeness (QED) is 0.630. The molecule has 0 saturated carbocycles. The summed E-state index contributed by atoms with van der Waals surface area (Å²) in [7, 11) is 0. The molecule has 10 heavy (non-hydrogen) atoms. The Morgan fingerprint density at radius 2 is 1.80 bits per heavy atom. The fourth-order valence-electron chi connectivity index (χ4n) is 0.685. The molecule has 0 aromatic heterocycles. The van der Waals surface area contributed by atoms with Gasteiger partial charge in [0.1, 0.15) is 0 Å². The van der Waals surface area contributed by atoms with Crippen LogP contribution in [0.1, 0.15) is 11.1 Å². The molecule has 0 fully saturated rings. The van der Waals surface area contributed by atoms with Crippen LogP contribution in [0.25, 0.3) is 0 Å². The molecule has 0 aliphatic rings. The number of benzene rings is 1. The summed E-state index contributed by atoms with van der Waals surface area (Å²) < 4.78 is 0.722. The number of hydrogen-bond donors (Lipinski definition) is 0. The third-order valence-corrected chi connectivity index (χ3v) is 1.99. The van der Waals surface area contributed by atoms with Gasteiger partial charge in [0.25, 0.3) is 0 Å². The fourth-order valence-corrected chi connectivity index (χ4v) is 1.10. The van der Waals surface area contributed by atoms with E-state index >= 15 is 0 Å². The zero-order valence-corrected chi connectivity index (χ0v) is 8.06. The predicted molar refractivity (Wildman–Crippen MR) is 46.9 cm³/mol. The van der Waals surface area contributed by atoms with Gasteiger partial charge in [-0.05, 0) is 0 Å². The van der Waals surface area contributed by atoms with Crippen molar-refractivity contribution in [1.29, 1.82) is 0 Å². The topological polar surface area (TPSA) is 0 Å². The molecular formula is C8H7ClSe. The van der Waals surface area contributed by atoms with Crippen LogP contribution < -0.4 is 0 Å². The van der Waals surface area contributed by atoms with E-state index in [2.05, 4.69) is 22.5 Å². The van der Waals surface area contributed by atoms with Crippen molar-refractivity contribution in [3.05, 3.63) is 35.4 Å². The zero-order chi connectivity index (χ0) is 7.56. The third kappa shape index (κ3) is 1.95. The SMILES string of the molecule is Cc1ccc(C(Cl)=[Se])cc1. The monoisotopic (exact) mass is 218 g/mol. The van der Waals surface area contributed by atoms with Crippen LogP contribution >= 0.6 is 11.6 Å². The van der Waals surface area contributed by atoms with Gasteiger partial charge >= 0.3 is 73.4 Å². The standard InChI is InChI=1S/C8H7ClSe/c1-6-2-4-7(5-3-6)8(9)10/h2-5H,1H3. The molecule has 0 aliphatic carbocycles. The Kier molecular flexibility index (Phi) is 2.67. The van der Waals surface area contributed by atoms with Crippen molar-refractivity contribution in [2.24, 2.45) is 0 Å². The molecule has 1 aromatic rings. The molecule has 0 bridgehead atoms. The number of rotatable bonds is 1. The predicted octanol–water partition coefficient (Wildman–Crippen LogP) is 1.88. The summed E-state index contributed by atoms with van der Waals surface area (Å²) in [5, 5.41) is 0. The van der Waals surface area contributed by atoms with Gasteiger partial charge in [-0.2, -0.15) is 0 Å². The Balaban J connectivity index is 3.00. The second-order valence-electron chi connectivity index (χ2n) is 2.14. The van der Waals surface area contributed by atoms with Crippen LogP contribution in [0.5, 0.6) is 0 Å². The van der Waals surface area contributed by atoms with Crippen LogP contribution in [-0.2, 0) is 0 Å². The van der Waals surface area contributed by atoms with Gasteiger partial charge < -0.3 is 0 Å². The first-order valence-corrected chi connectivity index (χ1v) is 4.20. The molecule has 2 heteroatoms. The van der Waals surface area contributed by atoms with Crippen molar-refractivity contribution < 1.29 is 0 Å². The molecular weight excluding hydrogens is 211 g/mol. The van der Waals surface area contributed by atoms with E-state index in [-0.39, 0.29) is 0 Å². The van der Waals surface area contributed by atoms with Crippen LogP contribution in [0.15, 0.2) is 24.3 Å². The maximum absolute atomic E-state index is 5.72. The fraction of sp³-hybridized carbons (Fsp3) is 0.125. The van der Waals surface area contributed by atoms with Gasteiger partial charge in [-0.25, -0.2) is 0 Å². The van der Waals surface area contributed by atoms with Crippen molar-refractivity contribution in [3.8, 4) is 0 Å². The summed E-state index contributed by atoms with van der Waals surface area (Å²) in [5.74, 6) is 0. The molecule has 0 aliphatic heterocycles. The first-order valence-electron chi connectivity index (χ1n) is 2.96. The summed E-state index contributed by atoms with van der Waals surface area (Å²) in [4.78, 5) is 0. The molecule has 1 aromatic carbocycles. The van der Waals surface area contributed by atoms with E-state index in [1.165, 1.54) is 5.56 Å².